The fourth-order valence-corrected chi connectivity index (χ4v) is 5.43. The first kappa shape index (κ1) is 18.2. The van der Waals surface area contributed by atoms with Crippen LogP contribution in [0.4, 0.5) is 5.13 Å². The number of hydrogen-bond acceptors (Lipinski definition) is 5. The lowest BCUT2D eigenvalue weighted by Gasteiger charge is -2.20. The van der Waals surface area contributed by atoms with Crippen molar-refractivity contribution >= 4 is 28.3 Å². The van der Waals surface area contributed by atoms with Gasteiger partial charge in [-0.3, -0.25) is 4.79 Å². The molecule has 2 saturated carbocycles. The molecule has 2 aliphatic rings. The monoisotopic (exact) mass is 384 g/mol. The largest absolute Gasteiger partial charge is 0.462 e. The number of carbonyl (C=O) groups excluding carboxylic acids is 2. The molecule has 1 heterocycles. The molecule has 0 radical (unpaired) electrons. The molecule has 1 amide bonds. The van der Waals surface area contributed by atoms with E-state index < -0.39 is 5.97 Å². The number of ether oxygens (including phenoxy) is 1. The van der Waals surface area contributed by atoms with Crippen LogP contribution in [0.25, 0.3) is 11.3 Å². The maximum Gasteiger partial charge on any atom is 0.350 e. The Morgan fingerprint density at radius 2 is 2.04 bits per heavy atom. The van der Waals surface area contributed by atoms with Gasteiger partial charge in [0.15, 0.2) is 5.13 Å². The maximum atomic E-state index is 12.5. The quantitative estimate of drug-likeness (QED) is 0.730. The number of amides is 1. The van der Waals surface area contributed by atoms with Crippen molar-refractivity contribution < 1.29 is 14.3 Å². The second-order valence-electron chi connectivity index (χ2n) is 7.47. The molecule has 0 saturated heterocycles. The van der Waals surface area contributed by atoms with Crippen molar-refractivity contribution in [2.45, 2.75) is 39.0 Å². The van der Waals surface area contributed by atoms with Crippen molar-refractivity contribution in [1.82, 2.24) is 4.98 Å². The highest BCUT2D eigenvalue weighted by Gasteiger charge is 2.40. The van der Waals surface area contributed by atoms with Gasteiger partial charge in [-0.1, -0.05) is 48.1 Å². The molecule has 27 heavy (non-hydrogen) atoms. The van der Waals surface area contributed by atoms with Crippen LogP contribution in [0.15, 0.2) is 30.3 Å². The predicted molar refractivity (Wildman–Crippen MR) is 106 cm³/mol. The lowest BCUT2D eigenvalue weighted by atomic mass is 9.86. The van der Waals surface area contributed by atoms with Gasteiger partial charge in [-0.15, -0.1) is 0 Å². The van der Waals surface area contributed by atoms with Crippen molar-refractivity contribution in [3.63, 3.8) is 0 Å². The highest BCUT2D eigenvalue weighted by molar-refractivity contribution is 7.18. The summed E-state index contributed by atoms with van der Waals surface area (Å²) >= 11 is 1.19. The van der Waals surface area contributed by atoms with E-state index in [1.54, 1.807) is 6.92 Å². The number of benzene rings is 1. The van der Waals surface area contributed by atoms with Gasteiger partial charge in [-0.2, -0.15) is 0 Å². The second kappa shape index (κ2) is 7.80. The highest BCUT2D eigenvalue weighted by atomic mass is 32.1. The van der Waals surface area contributed by atoms with Gasteiger partial charge in [-0.25, -0.2) is 9.78 Å². The summed E-state index contributed by atoms with van der Waals surface area (Å²) in [6.07, 6.45) is 5.62. The first-order valence-corrected chi connectivity index (χ1v) is 10.5. The number of esters is 1. The first-order valence-electron chi connectivity index (χ1n) is 9.67. The van der Waals surface area contributed by atoms with E-state index in [1.165, 1.54) is 37.0 Å². The van der Waals surface area contributed by atoms with Crippen molar-refractivity contribution in [1.29, 1.82) is 0 Å². The Bertz CT molecular complexity index is 833. The lowest BCUT2D eigenvalue weighted by Crippen LogP contribution is -2.20. The summed E-state index contributed by atoms with van der Waals surface area (Å²) in [6.45, 7) is 2.08. The molecule has 0 aliphatic heterocycles. The third kappa shape index (κ3) is 3.90. The van der Waals surface area contributed by atoms with Crippen LogP contribution < -0.4 is 5.32 Å². The Morgan fingerprint density at radius 3 is 2.70 bits per heavy atom. The average molecular weight is 385 g/mol. The lowest BCUT2D eigenvalue weighted by molar-refractivity contribution is -0.117. The van der Waals surface area contributed by atoms with E-state index in [2.05, 4.69) is 10.3 Å². The Morgan fingerprint density at radius 1 is 1.22 bits per heavy atom. The number of aromatic nitrogens is 1. The number of carbonyl (C=O) groups is 2. The van der Waals surface area contributed by atoms with Crippen LogP contribution in [-0.2, 0) is 9.53 Å². The van der Waals surface area contributed by atoms with E-state index >= 15 is 0 Å². The molecule has 2 fully saturated rings. The Balaban J connectivity index is 1.50. The van der Waals surface area contributed by atoms with Crippen LogP contribution in [0.1, 0.15) is 48.7 Å². The summed E-state index contributed by atoms with van der Waals surface area (Å²) in [6, 6.07) is 9.52. The minimum Gasteiger partial charge on any atom is -0.462 e. The van der Waals surface area contributed by atoms with Gasteiger partial charge < -0.3 is 10.1 Å². The van der Waals surface area contributed by atoms with Crippen molar-refractivity contribution in [3.8, 4) is 11.3 Å². The molecule has 1 aromatic heterocycles. The van der Waals surface area contributed by atoms with Crippen LogP contribution >= 0.6 is 11.3 Å². The van der Waals surface area contributed by atoms with Gasteiger partial charge >= 0.3 is 5.97 Å². The van der Waals surface area contributed by atoms with E-state index in [4.69, 9.17) is 4.74 Å². The minimum atomic E-state index is -0.401. The number of nitrogens with one attached hydrogen (secondary N) is 1. The molecule has 142 valence electrons. The van der Waals surface area contributed by atoms with Gasteiger partial charge in [0.25, 0.3) is 0 Å². The molecule has 2 aromatic rings. The molecule has 2 bridgehead atoms. The second-order valence-corrected chi connectivity index (χ2v) is 8.47. The van der Waals surface area contributed by atoms with E-state index in [0.717, 1.165) is 11.5 Å². The Kier molecular flexibility index (Phi) is 5.25. The smallest absolute Gasteiger partial charge is 0.350 e. The third-order valence-corrected chi connectivity index (χ3v) is 6.66. The topological polar surface area (TPSA) is 68.3 Å². The predicted octanol–water partition coefficient (Wildman–Crippen LogP) is 4.75. The van der Waals surface area contributed by atoms with Gasteiger partial charge in [0.05, 0.1) is 12.3 Å². The molecule has 1 aromatic carbocycles. The third-order valence-electron chi connectivity index (χ3n) is 5.71. The number of fused-ring (bicyclic) bond motifs is 2. The number of nitrogens with zero attached hydrogens (tertiary/aromatic N) is 1. The first-order chi connectivity index (χ1) is 13.1. The van der Waals surface area contributed by atoms with Crippen LogP contribution in [0, 0.1) is 17.8 Å². The molecule has 6 heteroatoms. The number of anilines is 1. The molecular formula is C21H24N2O3S. The maximum absolute atomic E-state index is 12.5. The molecule has 0 spiro atoms. The Labute approximate surface area is 163 Å². The van der Waals surface area contributed by atoms with Gasteiger partial charge in [0.2, 0.25) is 5.91 Å². The summed E-state index contributed by atoms with van der Waals surface area (Å²) in [7, 11) is 0. The summed E-state index contributed by atoms with van der Waals surface area (Å²) in [4.78, 5) is 29.8. The summed E-state index contributed by atoms with van der Waals surface area (Å²) < 4.78 is 5.17. The molecular weight excluding hydrogens is 360 g/mol. The number of hydrogen-bond donors (Lipinski definition) is 1. The molecule has 3 unspecified atom stereocenters. The fraction of sp³-hybridized carbons (Fsp3) is 0.476. The fourth-order valence-electron chi connectivity index (χ4n) is 4.54. The number of thiazole rings is 1. The van der Waals surface area contributed by atoms with Crippen molar-refractivity contribution in [3.05, 3.63) is 35.2 Å². The van der Waals surface area contributed by atoms with Crippen molar-refractivity contribution in [2.24, 2.45) is 17.8 Å². The van der Waals surface area contributed by atoms with E-state index in [0.29, 0.717) is 40.6 Å². The van der Waals surface area contributed by atoms with E-state index in [-0.39, 0.29) is 5.91 Å². The van der Waals surface area contributed by atoms with Gasteiger partial charge in [-0.05, 0) is 43.9 Å². The zero-order chi connectivity index (χ0) is 18.8. The van der Waals surface area contributed by atoms with E-state index in [9.17, 15) is 9.59 Å². The molecule has 5 nitrogen and oxygen atoms in total. The summed E-state index contributed by atoms with van der Waals surface area (Å²) in [5.74, 6) is 1.64. The van der Waals surface area contributed by atoms with Crippen LogP contribution in [0.5, 0.6) is 0 Å². The SMILES string of the molecule is CCOC(=O)c1sc(NC(=O)CC2CC3CCC2C3)nc1-c1ccccc1. The summed E-state index contributed by atoms with van der Waals surface area (Å²) in [5, 5.41) is 3.38. The molecule has 1 N–H and O–H groups in total. The van der Waals surface area contributed by atoms with Crippen LogP contribution in [0.3, 0.4) is 0 Å². The number of rotatable bonds is 6. The normalized spacial score (nSPS) is 23.4. The van der Waals surface area contributed by atoms with Gasteiger partial charge in [0.1, 0.15) is 4.88 Å². The molecule has 2 aliphatic carbocycles. The zero-order valence-corrected chi connectivity index (χ0v) is 16.3. The standard InChI is InChI=1S/C21H24N2O3S/c1-2-26-20(25)19-18(14-6-4-3-5-7-14)23-21(27-19)22-17(24)12-16-11-13-8-9-15(16)10-13/h3-7,13,15-16H,2,8-12H2,1H3,(H,22,23,24). The Hall–Kier alpha value is -2.21. The minimum absolute atomic E-state index is 0.00341. The molecule has 4 rings (SSSR count). The molecule has 3 atom stereocenters. The zero-order valence-electron chi connectivity index (χ0n) is 15.4. The van der Waals surface area contributed by atoms with E-state index in [1.807, 2.05) is 30.3 Å². The summed E-state index contributed by atoms with van der Waals surface area (Å²) in [5.41, 5.74) is 1.40. The van der Waals surface area contributed by atoms with Crippen molar-refractivity contribution in [2.75, 3.05) is 11.9 Å². The highest BCUT2D eigenvalue weighted by Crippen LogP contribution is 2.49. The van der Waals surface area contributed by atoms with Crippen LogP contribution in [-0.4, -0.2) is 23.5 Å². The van der Waals surface area contributed by atoms with Gasteiger partial charge in [0, 0.05) is 12.0 Å². The average Bonchev–Trinajstić information content (AvgIpc) is 3.38. The van der Waals surface area contributed by atoms with Crippen LogP contribution in [0.2, 0.25) is 0 Å².